The predicted molar refractivity (Wildman–Crippen MR) is 187 cm³/mol. The lowest BCUT2D eigenvalue weighted by Gasteiger charge is -2.43. The van der Waals surface area contributed by atoms with E-state index in [4.69, 9.17) is 14.0 Å². The highest BCUT2D eigenvalue weighted by Crippen LogP contribution is 2.47. The molecular formula is C39H39BN2O6. The molecule has 0 saturated heterocycles. The SMILES string of the molecule is CCC1=C(C)C2=C(c3ccc(C(=O)OC)cc3)c3c(C)c(CC)c(C)n3[B-](Oc3ccc(C=O)cc3)(Oc3ccc(C=O)cc3)[N+]2=C1C. The Bertz CT molecular complexity index is 2000. The normalized spacial score (nSPS) is 14.9. The number of carbonyl (C=O) groups is 3. The summed E-state index contributed by atoms with van der Waals surface area (Å²) in [6.45, 7) is 10.1. The van der Waals surface area contributed by atoms with E-state index in [2.05, 4.69) is 50.5 Å². The van der Waals surface area contributed by atoms with Crippen molar-refractivity contribution >= 4 is 36.6 Å². The maximum Gasteiger partial charge on any atom is 0.780 e. The van der Waals surface area contributed by atoms with Crippen LogP contribution in [0, 0.1) is 13.8 Å². The average molecular weight is 643 g/mol. The van der Waals surface area contributed by atoms with Gasteiger partial charge in [0.1, 0.15) is 18.3 Å². The van der Waals surface area contributed by atoms with Gasteiger partial charge in [-0.25, -0.2) is 4.79 Å². The van der Waals surface area contributed by atoms with Crippen LogP contribution in [0.4, 0.5) is 0 Å². The summed E-state index contributed by atoms with van der Waals surface area (Å²) in [7, 11) is 1.38. The van der Waals surface area contributed by atoms with Crippen LogP contribution in [0.5, 0.6) is 11.5 Å². The first-order chi connectivity index (χ1) is 23.1. The topological polar surface area (TPSA) is 86.8 Å². The zero-order valence-corrected chi connectivity index (χ0v) is 28.4. The summed E-state index contributed by atoms with van der Waals surface area (Å²) < 4.78 is 23.8. The van der Waals surface area contributed by atoms with Crippen molar-refractivity contribution in [3.05, 3.63) is 134 Å². The maximum absolute atomic E-state index is 12.4. The molecule has 0 fully saturated rings. The van der Waals surface area contributed by atoms with Crippen LogP contribution in [0.1, 0.15) is 93.3 Å². The first-order valence-corrected chi connectivity index (χ1v) is 16.2. The van der Waals surface area contributed by atoms with E-state index in [0.29, 0.717) is 28.2 Å². The number of hydrogen-bond acceptors (Lipinski definition) is 6. The third-order valence-electron chi connectivity index (χ3n) is 9.73. The largest absolute Gasteiger partial charge is 0.780 e. The molecule has 9 heteroatoms. The van der Waals surface area contributed by atoms with Crippen LogP contribution in [0.2, 0.25) is 0 Å². The van der Waals surface area contributed by atoms with Crippen molar-refractivity contribution in [2.45, 2.75) is 54.4 Å². The molecule has 2 aliphatic rings. The Morgan fingerprint density at radius 2 is 1.33 bits per heavy atom. The highest BCUT2D eigenvalue weighted by atomic mass is 16.6. The van der Waals surface area contributed by atoms with Gasteiger partial charge in [-0.2, -0.15) is 0 Å². The summed E-state index contributed by atoms with van der Waals surface area (Å²) >= 11 is 0. The van der Waals surface area contributed by atoms with Gasteiger partial charge in [-0.05, 0) is 117 Å². The van der Waals surface area contributed by atoms with Gasteiger partial charge in [0.05, 0.1) is 29.7 Å². The summed E-state index contributed by atoms with van der Waals surface area (Å²) in [5, 5.41) is 0. The molecule has 2 aliphatic heterocycles. The average Bonchev–Trinajstić information content (AvgIpc) is 3.52. The van der Waals surface area contributed by atoms with E-state index in [1.54, 1.807) is 60.7 Å². The summed E-state index contributed by atoms with van der Waals surface area (Å²) in [6, 6.07) is 21.6. The van der Waals surface area contributed by atoms with Crippen molar-refractivity contribution < 1.29 is 32.9 Å². The Kier molecular flexibility index (Phi) is 8.56. The molecule has 0 atom stereocenters. The van der Waals surface area contributed by atoms with Gasteiger partial charge in [0, 0.05) is 34.9 Å². The maximum atomic E-state index is 12.4. The molecule has 0 bridgehead atoms. The van der Waals surface area contributed by atoms with Crippen LogP contribution < -0.4 is 9.31 Å². The number of aldehydes is 2. The number of nitrogens with zero attached hydrogens (tertiary/aromatic N) is 2. The van der Waals surface area contributed by atoms with Crippen molar-refractivity contribution in [2.75, 3.05) is 7.11 Å². The van der Waals surface area contributed by atoms with Gasteiger partial charge < -0.3 is 23.0 Å². The summed E-state index contributed by atoms with van der Waals surface area (Å²) in [6.07, 6.45) is 3.18. The van der Waals surface area contributed by atoms with E-state index < -0.39 is 12.8 Å². The van der Waals surface area contributed by atoms with E-state index in [9.17, 15) is 14.4 Å². The second kappa shape index (κ2) is 12.6. The fourth-order valence-corrected chi connectivity index (χ4v) is 7.52. The quantitative estimate of drug-likeness (QED) is 0.101. The Balaban J connectivity index is 1.74. The molecule has 6 rings (SSSR count). The summed E-state index contributed by atoms with van der Waals surface area (Å²) in [4.78, 5) is 35.5. The molecule has 3 heterocycles. The molecule has 0 radical (unpaired) electrons. The predicted octanol–water partition coefficient (Wildman–Crippen LogP) is 7.51. The van der Waals surface area contributed by atoms with Crippen molar-refractivity contribution in [1.29, 1.82) is 0 Å². The Hall–Kier alpha value is -5.44. The Morgan fingerprint density at radius 1 is 0.792 bits per heavy atom. The standard InChI is InChI=1S/C39H39BN2O6/c1-8-34-24(3)37-36(30-14-16-31(17-15-30)39(45)46-7)38-25(4)35(9-2)27(6)42(38)40(41(37)26(34)5,47-32-18-10-28(22-43)11-19-32)48-33-20-12-29(23-44)13-21-33/h10-23H,8-9H2,1-7H3. The molecule has 0 unspecified atom stereocenters. The van der Waals surface area contributed by atoms with Crippen molar-refractivity contribution in [1.82, 2.24) is 4.48 Å². The number of rotatable bonds is 10. The minimum Gasteiger partial charge on any atom is -0.601 e. The fraction of sp³-hybridized carbons (Fsp3) is 0.231. The van der Waals surface area contributed by atoms with Crippen molar-refractivity contribution in [3.8, 4) is 11.5 Å². The first kappa shape index (κ1) is 32.5. The number of carbonyl (C=O) groups excluding carboxylic acids is 3. The van der Waals surface area contributed by atoms with Crippen LogP contribution in [0.3, 0.4) is 0 Å². The Morgan fingerprint density at radius 3 is 1.79 bits per heavy atom. The van der Waals surface area contributed by atoms with E-state index in [0.717, 1.165) is 70.5 Å². The molecule has 1 aromatic heterocycles. The van der Waals surface area contributed by atoms with E-state index in [1.165, 1.54) is 18.2 Å². The first-order valence-electron chi connectivity index (χ1n) is 16.2. The van der Waals surface area contributed by atoms with Crippen molar-refractivity contribution in [3.63, 3.8) is 0 Å². The van der Waals surface area contributed by atoms with Crippen LogP contribution in [-0.4, -0.2) is 47.1 Å². The van der Waals surface area contributed by atoms with Gasteiger partial charge in [0.25, 0.3) is 0 Å². The minimum atomic E-state index is -2.61. The molecule has 0 spiro atoms. The van der Waals surface area contributed by atoms with Crippen LogP contribution in [0.15, 0.2) is 89.6 Å². The lowest BCUT2D eigenvalue weighted by molar-refractivity contribution is -0.372. The molecule has 3 aromatic carbocycles. The van der Waals surface area contributed by atoms with E-state index >= 15 is 0 Å². The van der Waals surface area contributed by atoms with Gasteiger partial charge in [-0.15, -0.1) is 0 Å². The van der Waals surface area contributed by atoms with Gasteiger partial charge in [-0.1, -0.05) is 26.0 Å². The van der Waals surface area contributed by atoms with Gasteiger partial charge in [-0.3, -0.25) is 9.59 Å². The summed E-state index contributed by atoms with van der Waals surface area (Å²) in [5.41, 5.74) is 12.0. The molecular weight excluding hydrogens is 603 g/mol. The van der Waals surface area contributed by atoms with Crippen LogP contribution in [-0.2, 0) is 11.2 Å². The second-order valence-electron chi connectivity index (χ2n) is 12.2. The number of esters is 1. The number of aromatic nitrogens is 1. The van der Waals surface area contributed by atoms with Crippen molar-refractivity contribution in [2.24, 2.45) is 0 Å². The smallest absolute Gasteiger partial charge is 0.601 e. The molecule has 0 amide bonds. The number of benzene rings is 3. The van der Waals surface area contributed by atoms with Crippen LogP contribution in [0.25, 0.3) is 5.57 Å². The van der Waals surface area contributed by atoms with Crippen LogP contribution >= 0.6 is 0 Å². The number of methoxy groups -OCH3 is 1. The molecule has 4 aromatic rings. The molecule has 8 nitrogen and oxygen atoms in total. The number of allylic oxidation sites excluding steroid dienone is 2. The number of ether oxygens (including phenoxy) is 1. The monoisotopic (exact) mass is 642 g/mol. The molecule has 0 saturated carbocycles. The Labute approximate surface area is 281 Å². The van der Waals surface area contributed by atoms with E-state index in [1.807, 2.05) is 12.1 Å². The zero-order chi connectivity index (χ0) is 34.3. The molecule has 0 N–H and O–H groups in total. The third kappa shape index (κ3) is 5.01. The van der Waals surface area contributed by atoms with Gasteiger partial charge >= 0.3 is 12.8 Å². The fourth-order valence-electron chi connectivity index (χ4n) is 7.52. The second-order valence-corrected chi connectivity index (χ2v) is 12.2. The molecule has 0 aliphatic carbocycles. The number of fused-ring (bicyclic) bond motifs is 2. The zero-order valence-electron chi connectivity index (χ0n) is 28.4. The van der Waals surface area contributed by atoms with Gasteiger partial charge in [0.2, 0.25) is 0 Å². The number of hydrogen-bond donors (Lipinski definition) is 0. The lowest BCUT2D eigenvalue weighted by atomic mass is 9.77. The highest BCUT2D eigenvalue weighted by Gasteiger charge is 2.61. The molecule has 48 heavy (non-hydrogen) atoms. The van der Waals surface area contributed by atoms with E-state index in [-0.39, 0.29) is 0 Å². The summed E-state index contributed by atoms with van der Waals surface area (Å²) in [5.74, 6) is 0.661. The lowest BCUT2D eigenvalue weighted by Crippen LogP contribution is -2.67. The minimum absolute atomic E-state index is 0.395. The third-order valence-corrected chi connectivity index (χ3v) is 9.73. The molecule has 244 valence electrons. The highest BCUT2D eigenvalue weighted by molar-refractivity contribution is 6.61. The van der Waals surface area contributed by atoms with Gasteiger partial charge in [0.15, 0.2) is 5.70 Å².